The number of carbonyl (C=O) groups is 2. The molecule has 0 spiro atoms. The Morgan fingerprint density at radius 1 is 1.06 bits per heavy atom. The van der Waals surface area contributed by atoms with Gasteiger partial charge in [0.25, 0.3) is 11.8 Å². The lowest BCUT2D eigenvalue weighted by atomic mass is 10.1. The Labute approximate surface area is 101 Å². The molecule has 0 radical (unpaired) electrons. The zero-order valence-electron chi connectivity index (χ0n) is 10.3. The van der Waals surface area contributed by atoms with Crippen LogP contribution in [0.1, 0.15) is 47.4 Å². The number of imide groups is 1. The first-order chi connectivity index (χ1) is 8.11. The van der Waals surface area contributed by atoms with E-state index >= 15 is 0 Å². The maximum Gasteiger partial charge on any atom is 0.261 e. The van der Waals surface area contributed by atoms with E-state index in [1.165, 1.54) is 4.90 Å². The molecule has 0 fully saturated rings. The summed E-state index contributed by atoms with van der Waals surface area (Å²) in [7, 11) is 0. The third-order valence-corrected chi connectivity index (χ3v) is 3.04. The van der Waals surface area contributed by atoms with Crippen LogP contribution in [-0.4, -0.2) is 23.3 Å². The van der Waals surface area contributed by atoms with Gasteiger partial charge in [-0.15, -0.1) is 0 Å². The molecule has 0 atom stereocenters. The van der Waals surface area contributed by atoms with Crippen LogP contribution in [0.3, 0.4) is 0 Å². The number of benzene rings is 1. The molecule has 1 heterocycles. The van der Waals surface area contributed by atoms with Crippen molar-refractivity contribution >= 4 is 11.8 Å². The van der Waals surface area contributed by atoms with Gasteiger partial charge in [0, 0.05) is 6.54 Å². The van der Waals surface area contributed by atoms with Gasteiger partial charge in [-0.2, -0.15) is 0 Å². The van der Waals surface area contributed by atoms with Gasteiger partial charge in [0.05, 0.1) is 11.1 Å². The molecular weight excluding hydrogens is 214 g/mol. The fourth-order valence-electron chi connectivity index (χ4n) is 2.10. The molecule has 0 saturated heterocycles. The van der Waals surface area contributed by atoms with E-state index < -0.39 is 0 Å². The van der Waals surface area contributed by atoms with Gasteiger partial charge in [0.2, 0.25) is 0 Å². The number of rotatable bonds is 4. The van der Waals surface area contributed by atoms with Crippen molar-refractivity contribution in [1.82, 2.24) is 4.90 Å². The summed E-state index contributed by atoms with van der Waals surface area (Å²) in [5.41, 5.74) is 1.09. The lowest BCUT2D eigenvalue weighted by Gasteiger charge is -2.14. The van der Waals surface area contributed by atoms with Crippen molar-refractivity contribution in [2.45, 2.75) is 26.7 Å². The van der Waals surface area contributed by atoms with Crippen molar-refractivity contribution in [3.05, 3.63) is 35.4 Å². The van der Waals surface area contributed by atoms with E-state index in [0.717, 1.165) is 12.8 Å². The Balaban J connectivity index is 2.08. The smallest absolute Gasteiger partial charge is 0.261 e. The number of fused-ring (bicyclic) bond motifs is 1. The molecule has 1 aliphatic rings. The van der Waals surface area contributed by atoms with Crippen molar-refractivity contribution in [2.75, 3.05) is 6.54 Å². The molecule has 0 aromatic heterocycles. The second-order valence-corrected chi connectivity index (χ2v) is 4.84. The Bertz CT molecular complexity index is 416. The largest absolute Gasteiger partial charge is 0.274 e. The van der Waals surface area contributed by atoms with Gasteiger partial charge in [-0.3, -0.25) is 14.5 Å². The summed E-state index contributed by atoms with van der Waals surface area (Å²) in [6.07, 6.45) is 1.91. The molecule has 17 heavy (non-hydrogen) atoms. The summed E-state index contributed by atoms with van der Waals surface area (Å²) in [4.78, 5) is 25.3. The van der Waals surface area contributed by atoms with Crippen molar-refractivity contribution < 1.29 is 9.59 Å². The van der Waals surface area contributed by atoms with E-state index in [1.807, 2.05) is 0 Å². The van der Waals surface area contributed by atoms with E-state index in [9.17, 15) is 9.59 Å². The van der Waals surface area contributed by atoms with Gasteiger partial charge in [0.15, 0.2) is 0 Å². The van der Waals surface area contributed by atoms with E-state index in [4.69, 9.17) is 0 Å². The molecule has 0 N–H and O–H groups in total. The highest BCUT2D eigenvalue weighted by atomic mass is 16.2. The molecule has 90 valence electrons. The third-order valence-electron chi connectivity index (χ3n) is 3.04. The number of carbonyl (C=O) groups excluding carboxylic acids is 2. The van der Waals surface area contributed by atoms with Gasteiger partial charge >= 0.3 is 0 Å². The van der Waals surface area contributed by atoms with Crippen LogP contribution < -0.4 is 0 Å². The van der Waals surface area contributed by atoms with Gasteiger partial charge in [-0.1, -0.05) is 26.0 Å². The van der Waals surface area contributed by atoms with Gasteiger partial charge in [0.1, 0.15) is 0 Å². The summed E-state index contributed by atoms with van der Waals surface area (Å²) < 4.78 is 0. The van der Waals surface area contributed by atoms with Crippen LogP contribution in [0.4, 0.5) is 0 Å². The Kier molecular flexibility index (Phi) is 3.27. The molecular formula is C14H17NO2. The summed E-state index contributed by atoms with van der Waals surface area (Å²) in [6, 6.07) is 7.03. The summed E-state index contributed by atoms with van der Waals surface area (Å²) in [6.45, 7) is 4.81. The molecule has 3 nitrogen and oxygen atoms in total. The second kappa shape index (κ2) is 4.70. The lowest BCUT2D eigenvalue weighted by molar-refractivity contribution is 0.0650. The van der Waals surface area contributed by atoms with Crippen LogP contribution in [-0.2, 0) is 0 Å². The SMILES string of the molecule is CC(C)CCCN1C(=O)c2ccccc2C1=O. The van der Waals surface area contributed by atoms with E-state index in [1.54, 1.807) is 24.3 Å². The summed E-state index contributed by atoms with van der Waals surface area (Å²) in [5, 5.41) is 0. The second-order valence-electron chi connectivity index (χ2n) is 4.84. The van der Waals surface area contributed by atoms with Crippen LogP contribution in [0.2, 0.25) is 0 Å². The van der Waals surface area contributed by atoms with Gasteiger partial charge in [-0.25, -0.2) is 0 Å². The molecule has 0 bridgehead atoms. The molecule has 1 aromatic rings. The molecule has 3 heteroatoms. The number of nitrogens with zero attached hydrogens (tertiary/aromatic N) is 1. The van der Waals surface area contributed by atoms with E-state index in [0.29, 0.717) is 23.6 Å². The fraction of sp³-hybridized carbons (Fsp3) is 0.429. The first kappa shape index (κ1) is 11.8. The van der Waals surface area contributed by atoms with Gasteiger partial charge in [-0.05, 0) is 30.9 Å². The van der Waals surface area contributed by atoms with Crippen LogP contribution in [0.25, 0.3) is 0 Å². The van der Waals surface area contributed by atoms with Crippen molar-refractivity contribution in [3.8, 4) is 0 Å². The topological polar surface area (TPSA) is 37.4 Å². The average molecular weight is 231 g/mol. The third kappa shape index (κ3) is 2.23. The van der Waals surface area contributed by atoms with Crippen LogP contribution in [0.15, 0.2) is 24.3 Å². The summed E-state index contributed by atoms with van der Waals surface area (Å²) >= 11 is 0. The standard InChI is InChI=1S/C14H17NO2/c1-10(2)6-5-9-15-13(16)11-7-3-4-8-12(11)14(15)17/h3-4,7-8,10H,5-6,9H2,1-2H3. The van der Waals surface area contributed by atoms with Crippen LogP contribution >= 0.6 is 0 Å². The summed E-state index contributed by atoms with van der Waals surface area (Å²) in [5.74, 6) is 0.314. The van der Waals surface area contributed by atoms with Crippen LogP contribution in [0, 0.1) is 5.92 Å². The quantitative estimate of drug-likeness (QED) is 0.747. The van der Waals surface area contributed by atoms with Crippen molar-refractivity contribution in [1.29, 1.82) is 0 Å². The molecule has 2 amide bonds. The van der Waals surface area contributed by atoms with E-state index in [-0.39, 0.29) is 11.8 Å². The maximum atomic E-state index is 12.0. The molecule has 0 unspecified atom stereocenters. The normalized spacial score (nSPS) is 14.6. The lowest BCUT2D eigenvalue weighted by Crippen LogP contribution is -2.30. The zero-order valence-corrected chi connectivity index (χ0v) is 10.3. The highest BCUT2D eigenvalue weighted by Gasteiger charge is 2.34. The zero-order chi connectivity index (χ0) is 12.4. The first-order valence-corrected chi connectivity index (χ1v) is 6.06. The minimum Gasteiger partial charge on any atom is -0.274 e. The Morgan fingerprint density at radius 2 is 1.59 bits per heavy atom. The van der Waals surface area contributed by atoms with Crippen LogP contribution in [0.5, 0.6) is 0 Å². The highest BCUT2D eigenvalue weighted by molar-refractivity contribution is 6.21. The predicted molar refractivity (Wildman–Crippen MR) is 65.9 cm³/mol. The maximum absolute atomic E-state index is 12.0. The predicted octanol–water partition coefficient (Wildman–Crippen LogP) is 2.72. The molecule has 1 aliphatic heterocycles. The van der Waals surface area contributed by atoms with Gasteiger partial charge < -0.3 is 0 Å². The number of amides is 2. The van der Waals surface area contributed by atoms with Crippen molar-refractivity contribution in [2.24, 2.45) is 5.92 Å². The highest BCUT2D eigenvalue weighted by Crippen LogP contribution is 2.22. The average Bonchev–Trinajstić information content (AvgIpc) is 2.54. The Hall–Kier alpha value is -1.64. The number of hydrogen-bond donors (Lipinski definition) is 0. The molecule has 2 rings (SSSR count). The fourth-order valence-corrected chi connectivity index (χ4v) is 2.10. The van der Waals surface area contributed by atoms with Crippen molar-refractivity contribution in [3.63, 3.8) is 0 Å². The monoisotopic (exact) mass is 231 g/mol. The minimum absolute atomic E-state index is 0.144. The molecule has 0 saturated carbocycles. The molecule has 1 aromatic carbocycles. The number of hydrogen-bond acceptors (Lipinski definition) is 2. The Morgan fingerprint density at radius 3 is 2.06 bits per heavy atom. The van der Waals surface area contributed by atoms with E-state index in [2.05, 4.69) is 13.8 Å². The minimum atomic E-state index is -0.144. The molecule has 0 aliphatic carbocycles. The first-order valence-electron chi connectivity index (χ1n) is 6.06.